The molecule has 32 heavy (non-hydrogen) atoms. The average Bonchev–Trinajstić information content (AvgIpc) is 3.21. The number of anilines is 1. The molecule has 4 aromatic rings. The van der Waals surface area contributed by atoms with E-state index in [1.807, 2.05) is 11.4 Å². The zero-order chi connectivity index (χ0) is 22.8. The van der Waals surface area contributed by atoms with Gasteiger partial charge in [0.15, 0.2) is 5.16 Å². The second-order valence-electron chi connectivity index (χ2n) is 7.45. The second-order valence-corrected chi connectivity index (χ2v) is 9.25. The Morgan fingerprint density at radius 2 is 1.91 bits per heavy atom. The molecule has 0 atom stereocenters. The molecule has 1 amide bonds. The number of thioether (sulfide) groups is 1. The highest BCUT2D eigenvalue weighted by Gasteiger charge is 2.17. The monoisotopic (exact) mass is 465 g/mol. The molecule has 2 aromatic heterocycles. The van der Waals surface area contributed by atoms with Gasteiger partial charge in [-0.3, -0.25) is 14.2 Å². The Balaban J connectivity index is 1.55. The summed E-state index contributed by atoms with van der Waals surface area (Å²) < 4.78 is 6.64. The fourth-order valence-electron chi connectivity index (χ4n) is 3.31. The van der Waals surface area contributed by atoms with Crippen LogP contribution in [0.2, 0.25) is 0 Å². The van der Waals surface area contributed by atoms with E-state index in [1.165, 1.54) is 38.8 Å². The maximum atomic E-state index is 13.2. The highest BCUT2D eigenvalue weighted by Crippen LogP contribution is 2.33. The first kappa shape index (κ1) is 22.1. The maximum Gasteiger partial charge on any atom is 0.263 e. The predicted molar refractivity (Wildman–Crippen MR) is 132 cm³/mol. The molecule has 0 radical (unpaired) electrons. The van der Waals surface area contributed by atoms with Gasteiger partial charge in [-0.25, -0.2) is 4.98 Å². The van der Waals surface area contributed by atoms with Crippen molar-refractivity contribution in [2.24, 2.45) is 7.05 Å². The average molecular weight is 466 g/mol. The van der Waals surface area contributed by atoms with Crippen LogP contribution in [0.4, 0.5) is 5.69 Å². The lowest BCUT2D eigenvalue weighted by Crippen LogP contribution is -2.21. The minimum Gasteiger partial charge on any atom is -0.497 e. The van der Waals surface area contributed by atoms with Gasteiger partial charge in [0.25, 0.3) is 5.56 Å². The van der Waals surface area contributed by atoms with Gasteiger partial charge >= 0.3 is 0 Å². The SMILES string of the molecule is COc1ccc(NC(=O)CSc2nc3scc(-c4ccc(C)c(C)c4)c3c(=O)n2C)cc1. The molecule has 6 nitrogen and oxygen atoms in total. The largest absolute Gasteiger partial charge is 0.497 e. The summed E-state index contributed by atoms with van der Waals surface area (Å²) in [5.41, 5.74) is 4.88. The molecule has 0 saturated carbocycles. The Morgan fingerprint density at radius 1 is 1.16 bits per heavy atom. The number of nitrogens with one attached hydrogen (secondary N) is 1. The lowest BCUT2D eigenvalue weighted by molar-refractivity contribution is -0.113. The number of amides is 1. The lowest BCUT2D eigenvalue weighted by atomic mass is 10.0. The number of methoxy groups -OCH3 is 1. The van der Waals surface area contributed by atoms with Crippen molar-refractivity contribution in [3.8, 4) is 16.9 Å². The summed E-state index contributed by atoms with van der Waals surface area (Å²) in [5, 5.41) is 5.96. The van der Waals surface area contributed by atoms with Crippen molar-refractivity contribution in [2.45, 2.75) is 19.0 Å². The van der Waals surface area contributed by atoms with E-state index < -0.39 is 0 Å². The standard InChI is InChI=1S/C24H23N3O3S2/c1-14-5-6-16(11-15(14)2)19-12-31-22-21(19)23(29)27(3)24(26-22)32-13-20(28)25-17-7-9-18(30-4)10-8-17/h5-12H,13H2,1-4H3,(H,25,28). The quantitative estimate of drug-likeness (QED) is 0.320. The van der Waals surface area contributed by atoms with E-state index in [9.17, 15) is 9.59 Å². The van der Waals surface area contributed by atoms with Crippen LogP contribution in [0.25, 0.3) is 21.3 Å². The van der Waals surface area contributed by atoms with Crippen LogP contribution in [0.5, 0.6) is 5.75 Å². The molecule has 0 aliphatic heterocycles. The summed E-state index contributed by atoms with van der Waals surface area (Å²) in [6, 6.07) is 13.3. The van der Waals surface area contributed by atoms with Crippen molar-refractivity contribution in [2.75, 3.05) is 18.2 Å². The first-order valence-electron chi connectivity index (χ1n) is 10.00. The van der Waals surface area contributed by atoms with E-state index in [2.05, 4.69) is 36.3 Å². The highest BCUT2D eigenvalue weighted by molar-refractivity contribution is 7.99. The van der Waals surface area contributed by atoms with E-state index in [0.29, 0.717) is 21.1 Å². The van der Waals surface area contributed by atoms with Gasteiger partial charge < -0.3 is 10.1 Å². The zero-order valence-electron chi connectivity index (χ0n) is 18.3. The molecule has 0 saturated heterocycles. The van der Waals surface area contributed by atoms with Crippen LogP contribution in [0.3, 0.4) is 0 Å². The van der Waals surface area contributed by atoms with Crippen LogP contribution >= 0.6 is 23.1 Å². The topological polar surface area (TPSA) is 73.2 Å². The van der Waals surface area contributed by atoms with E-state index in [4.69, 9.17) is 4.74 Å². The van der Waals surface area contributed by atoms with Crippen LogP contribution in [-0.2, 0) is 11.8 Å². The molecule has 1 N–H and O–H groups in total. The van der Waals surface area contributed by atoms with Crippen LogP contribution in [0.15, 0.2) is 57.8 Å². The molecule has 0 aliphatic rings. The zero-order valence-corrected chi connectivity index (χ0v) is 19.9. The summed E-state index contributed by atoms with van der Waals surface area (Å²) >= 11 is 2.69. The molecule has 0 fully saturated rings. The smallest absolute Gasteiger partial charge is 0.263 e. The van der Waals surface area contributed by atoms with Crippen LogP contribution in [0, 0.1) is 13.8 Å². The Morgan fingerprint density at radius 3 is 2.59 bits per heavy atom. The molecule has 0 unspecified atom stereocenters. The Hall–Kier alpha value is -3.10. The minimum atomic E-state index is -0.170. The number of benzene rings is 2. The first-order chi connectivity index (χ1) is 15.4. The number of carbonyl (C=O) groups excluding carboxylic acids is 1. The Kier molecular flexibility index (Phi) is 6.34. The number of aromatic nitrogens is 2. The maximum absolute atomic E-state index is 13.2. The third-order valence-electron chi connectivity index (χ3n) is 5.30. The van der Waals surface area contributed by atoms with Crippen molar-refractivity contribution >= 4 is 44.9 Å². The molecule has 4 rings (SSSR count). The van der Waals surface area contributed by atoms with E-state index in [1.54, 1.807) is 38.4 Å². The normalized spacial score (nSPS) is 11.0. The van der Waals surface area contributed by atoms with Crippen LogP contribution < -0.4 is 15.6 Å². The van der Waals surface area contributed by atoms with Gasteiger partial charge in [0.05, 0.1) is 18.2 Å². The summed E-state index contributed by atoms with van der Waals surface area (Å²) in [6.45, 7) is 4.13. The number of thiophene rings is 1. The number of ether oxygens (including phenoxy) is 1. The van der Waals surface area contributed by atoms with Crippen molar-refractivity contribution in [3.05, 3.63) is 69.3 Å². The molecular weight excluding hydrogens is 442 g/mol. The Labute approximate surface area is 194 Å². The van der Waals surface area contributed by atoms with Crippen LogP contribution in [-0.4, -0.2) is 28.3 Å². The molecule has 2 heterocycles. The van der Waals surface area contributed by atoms with Gasteiger partial charge in [-0.1, -0.05) is 30.0 Å². The first-order valence-corrected chi connectivity index (χ1v) is 11.9. The van der Waals surface area contributed by atoms with Gasteiger partial charge in [-0.2, -0.15) is 0 Å². The van der Waals surface area contributed by atoms with Gasteiger partial charge in [0, 0.05) is 23.7 Å². The third-order valence-corrected chi connectivity index (χ3v) is 7.20. The molecule has 0 aliphatic carbocycles. The molecule has 8 heteroatoms. The fourth-order valence-corrected chi connectivity index (χ4v) is 5.07. The molecule has 0 bridgehead atoms. The number of fused-ring (bicyclic) bond motifs is 1. The van der Waals surface area contributed by atoms with E-state index in [0.717, 1.165) is 16.9 Å². The van der Waals surface area contributed by atoms with Crippen LogP contribution in [0.1, 0.15) is 11.1 Å². The van der Waals surface area contributed by atoms with Gasteiger partial charge in [0.1, 0.15) is 10.6 Å². The lowest BCUT2D eigenvalue weighted by Gasteiger charge is -2.09. The molecule has 164 valence electrons. The number of carbonyl (C=O) groups is 1. The highest BCUT2D eigenvalue weighted by atomic mass is 32.2. The predicted octanol–water partition coefficient (Wildman–Crippen LogP) is 5.02. The van der Waals surface area contributed by atoms with Crippen molar-refractivity contribution in [1.29, 1.82) is 0 Å². The van der Waals surface area contributed by atoms with Gasteiger partial charge in [0.2, 0.25) is 5.91 Å². The van der Waals surface area contributed by atoms with Gasteiger partial charge in [-0.05, 0) is 54.8 Å². The molecule has 2 aromatic carbocycles. The minimum absolute atomic E-state index is 0.109. The number of aryl methyl sites for hydroxylation is 2. The van der Waals surface area contributed by atoms with Gasteiger partial charge in [-0.15, -0.1) is 11.3 Å². The van der Waals surface area contributed by atoms with Crippen molar-refractivity contribution in [3.63, 3.8) is 0 Å². The summed E-state index contributed by atoms with van der Waals surface area (Å²) in [4.78, 5) is 30.9. The van der Waals surface area contributed by atoms with Crippen molar-refractivity contribution < 1.29 is 9.53 Å². The Bertz CT molecular complexity index is 1360. The van der Waals surface area contributed by atoms with E-state index in [-0.39, 0.29) is 17.2 Å². The fraction of sp³-hybridized carbons (Fsp3) is 0.208. The number of hydrogen-bond acceptors (Lipinski definition) is 6. The summed E-state index contributed by atoms with van der Waals surface area (Å²) in [5.74, 6) is 0.699. The summed E-state index contributed by atoms with van der Waals surface area (Å²) in [6.07, 6.45) is 0. The summed E-state index contributed by atoms with van der Waals surface area (Å²) in [7, 11) is 3.29. The van der Waals surface area contributed by atoms with Crippen molar-refractivity contribution in [1.82, 2.24) is 9.55 Å². The number of hydrogen-bond donors (Lipinski definition) is 1. The number of rotatable bonds is 6. The van der Waals surface area contributed by atoms with E-state index >= 15 is 0 Å². The second kappa shape index (κ2) is 9.18. The number of nitrogens with zero attached hydrogens (tertiary/aromatic N) is 2. The molecular formula is C24H23N3O3S2. The third kappa shape index (κ3) is 4.42. The molecule has 0 spiro atoms.